The fourth-order valence-electron chi connectivity index (χ4n) is 5.70. The minimum absolute atomic E-state index is 0.00947. The number of hydrogen-bond acceptors (Lipinski definition) is 13. The minimum atomic E-state index is -1.17. The van der Waals surface area contributed by atoms with E-state index in [-0.39, 0.29) is 44.5 Å². The molecule has 280 valence electrons. The molecule has 1 aromatic carbocycles. The van der Waals surface area contributed by atoms with Crippen molar-refractivity contribution in [3.63, 3.8) is 0 Å². The lowest BCUT2D eigenvalue weighted by molar-refractivity contribution is -0.384. The van der Waals surface area contributed by atoms with Crippen LogP contribution in [0.4, 0.5) is 5.69 Å². The summed E-state index contributed by atoms with van der Waals surface area (Å²) in [6.07, 6.45) is 1.85. The second-order valence-corrected chi connectivity index (χ2v) is 12.3. The van der Waals surface area contributed by atoms with Crippen LogP contribution < -0.4 is 5.32 Å². The Morgan fingerprint density at radius 3 is 1.64 bits per heavy atom. The first-order chi connectivity index (χ1) is 23.7. The minimum Gasteiger partial charge on any atom is -0.480 e. The molecule has 6 N–H and O–H groups in total. The van der Waals surface area contributed by atoms with Crippen LogP contribution in [0.2, 0.25) is 0 Å². The SMILES string of the molecule is O=C(O)CNC(CCCc1ccc([N+](=O)[O-])cc1)CN1CCN(CC(=O)O)CCN(CCN(CC(=O)O)CC(=O)O)CCN(CC(=O)O)CC1. The second kappa shape index (κ2) is 22.4. The summed E-state index contributed by atoms with van der Waals surface area (Å²) >= 11 is 0. The van der Waals surface area contributed by atoms with Crippen LogP contribution >= 0.6 is 0 Å². The van der Waals surface area contributed by atoms with Crippen molar-refractivity contribution in [2.24, 2.45) is 0 Å². The summed E-state index contributed by atoms with van der Waals surface area (Å²) in [4.78, 5) is 76.7. The molecule has 0 aromatic heterocycles. The molecule has 0 bridgehead atoms. The molecule has 0 amide bonds. The van der Waals surface area contributed by atoms with E-state index in [1.807, 2.05) is 4.90 Å². The van der Waals surface area contributed by atoms with Crippen LogP contribution in [-0.4, -0.2) is 196 Å². The van der Waals surface area contributed by atoms with Crippen molar-refractivity contribution < 1.29 is 54.4 Å². The van der Waals surface area contributed by atoms with E-state index in [2.05, 4.69) is 10.2 Å². The van der Waals surface area contributed by atoms with Gasteiger partial charge in [0, 0.05) is 90.2 Å². The Morgan fingerprint density at radius 1 is 0.720 bits per heavy atom. The Bertz CT molecular complexity index is 1220. The van der Waals surface area contributed by atoms with Gasteiger partial charge in [0.1, 0.15) is 0 Å². The van der Waals surface area contributed by atoms with E-state index >= 15 is 0 Å². The van der Waals surface area contributed by atoms with E-state index in [9.17, 15) is 59.6 Å². The van der Waals surface area contributed by atoms with Crippen LogP contribution in [0.25, 0.3) is 0 Å². The molecule has 0 saturated carbocycles. The molecule has 1 saturated heterocycles. The first-order valence-corrected chi connectivity index (χ1v) is 16.4. The van der Waals surface area contributed by atoms with Crippen LogP contribution in [0.5, 0.6) is 0 Å². The Morgan fingerprint density at radius 2 is 1.20 bits per heavy atom. The maximum absolute atomic E-state index is 11.7. The number of benzene rings is 1. The molecule has 1 aliphatic heterocycles. The summed E-state index contributed by atoms with van der Waals surface area (Å²) in [7, 11) is 0. The van der Waals surface area contributed by atoms with Gasteiger partial charge in [-0.1, -0.05) is 12.1 Å². The highest BCUT2D eigenvalue weighted by atomic mass is 16.6. The van der Waals surface area contributed by atoms with Gasteiger partial charge in [0.05, 0.1) is 37.6 Å². The molecule has 19 nitrogen and oxygen atoms in total. The lowest BCUT2D eigenvalue weighted by Gasteiger charge is -2.35. The van der Waals surface area contributed by atoms with Crippen molar-refractivity contribution in [2.45, 2.75) is 25.3 Å². The summed E-state index contributed by atoms with van der Waals surface area (Å²) in [5.74, 6) is -5.42. The molecule has 19 heteroatoms. The fourth-order valence-corrected chi connectivity index (χ4v) is 5.70. The van der Waals surface area contributed by atoms with Crippen molar-refractivity contribution in [3.05, 3.63) is 39.9 Å². The highest BCUT2D eigenvalue weighted by Gasteiger charge is 2.22. The van der Waals surface area contributed by atoms with Gasteiger partial charge >= 0.3 is 29.8 Å². The molecule has 0 radical (unpaired) electrons. The van der Waals surface area contributed by atoms with Gasteiger partial charge in [-0.05, 0) is 24.8 Å². The van der Waals surface area contributed by atoms with Gasteiger partial charge in [-0.3, -0.25) is 58.6 Å². The summed E-state index contributed by atoms with van der Waals surface area (Å²) in [5.41, 5.74) is 0.891. The van der Waals surface area contributed by atoms with Gasteiger partial charge in [-0.25, -0.2) is 0 Å². The van der Waals surface area contributed by atoms with Crippen LogP contribution in [0.3, 0.4) is 0 Å². The number of rotatable bonds is 21. The number of aliphatic carboxylic acids is 5. The zero-order chi connectivity index (χ0) is 37.1. The lowest BCUT2D eigenvalue weighted by Crippen LogP contribution is -2.51. The molecule has 0 spiro atoms. The highest BCUT2D eigenvalue weighted by Crippen LogP contribution is 2.15. The van der Waals surface area contributed by atoms with E-state index in [0.29, 0.717) is 78.2 Å². The maximum atomic E-state index is 11.7. The first-order valence-electron chi connectivity index (χ1n) is 16.4. The predicted octanol–water partition coefficient (Wildman–Crippen LogP) is -1.18. The topological polar surface area (TPSA) is 258 Å². The quantitative estimate of drug-likeness (QED) is 0.0648. The number of nitro benzene ring substituents is 1. The fraction of sp³-hybridized carbons (Fsp3) is 0.645. The molecule has 50 heavy (non-hydrogen) atoms. The third kappa shape index (κ3) is 18.5. The first kappa shape index (κ1) is 41.9. The number of nitrogens with one attached hydrogen (secondary N) is 1. The number of aryl methyl sites for hydroxylation is 1. The zero-order valence-corrected chi connectivity index (χ0v) is 28.1. The molecule has 1 aromatic rings. The summed E-state index contributed by atoms with van der Waals surface area (Å²) < 4.78 is 0. The lowest BCUT2D eigenvalue weighted by atomic mass is 10.0. The van der Waals surface area contributed by atoms with Crippen molar-refractivity contribution in [2.75, 3.05) is 105 Å². The molecular formula is C31H49N7O12. The third-order valence-electron chi connectivity index (χ3n) is 8.28. The number of carboxylic acid groups (broad SMARTS) is 5. The van der Waals surface area contributed by atoms with Crippen LogP contribution in [-0.2, 0) is 30.4 Å². The van der Waals surface area contributed by atoms with Gasteiger partial charge in [0.25, 0.3) is 5.69 Å². The number of carboxylic acids is 5. The Labute approximate surface area is 289 Å². The average molecular weight is 712 g/mol. The van der Waals surface area contributed by atoms with Crippen molar-refractivity contribution in [3.8, 4) is 0 Å². The number of hydrogen-bond donors (Lipinski definition) is 6. The summed E-state index contributed by atoms with van der Waals surface area (Å²) in [6, 6.07) is 5.97. The van der Waals surface area contributed by atoms with E-state index in [4.69, 9.17) is 0 Å². The Hall–Kier alpha value is -4.27. The molecule has 0 aliphatic carbocycles. The van der Waals surface area contributed by atoms with E-state index < -0.39 is 47.9 Å². The van der Waals surface area contributed by atoms with E-state index in [0.717, 1.165) is 5.56 Å². The van der Waals surface area contributed by atoms with Crippen LogP contribution in [0, 0.1) is 10.1 Å². The number of nitrogens with zero attached hydrogens (tertiary/aromatic N) is 6. The highest BCUT2D eigenvalue weighted by molar-refractivity contribution is 5.72. The van der Waals surface area contributed by atoms with Gasteiger partial charge in [-0.2, -0.15) is 0 Å². The summed E-state index contributed by atoms with van der Waals surface area (Å²) in [5, 5.41) is 61.0. The van der Waals surface area contributed by atoms with Crippen molar-refractivity contribution in [1.82, 2.24) is 29.8 Å². The average Bonchev–Trinajstić information content (AvgIpc) is 3.02. The van der Waals surface area contributed by atoms with Crippen molar-refractivity contribution in [1.29, 1.82) is 0 Å². The molecule has 1 atom stereocenters. The van der Waals surface area contributed by atoms with E-state index in [1.165, 1.54) is 17.0 Å². The van der Waals surface area contributed by atoms with Crippen LogP contribution in [0.15, 0.2) is 24.3 Å². The standard InChI is InChI=1S/C31H49N7O12/c39-27(40)18-32-25(3-1-2-24-4-6-26(7-5-24)38(49)50)19-34-13-15-35(20-28(41)42)11-8-33(9-12-36(16-14-34)21-29(43)44)10-17-37(22-30(45)46)23-31(47)48/h4-7,25,32H,1-3,8-23H2,(H,39,40)(H,41,42)(H,43,44)(H,45,46)(H,47,48). The molecule has 1 aliphatic rings. The molecular weight excluding hydrogens is 662 g/mol. The molecule has 1 unspecified atom stereocenters. The number of carbonyl (C=O) groups is 5. The third-order valence-corrected chi connectivity index (χ3v) is 8.28. The zero-order valence-electron chi connectivity index (χ0n) is 28.1. The van der Waals surface area contributed by atoms with Crippen molar-refractivity contribution >= 4 is 35.5 Å². The Kier molecular flexibility index (Phi) is 18.8. The molecule has 1 fully saturated rings. The van der Waals surface area contributed by atoms with Gasteiger partial charge in [0.15, 0.2) is 0 Å². The van der Waals surface area contributed by atoms with Gasteiger partial charge in [-0.15, -0.1) is 0 Å². The van der Waals surface area contributed by atoms with E-state index in [1.54, 1.807) is 21.9 Å². The second-order valence-electron chi connectivity index (χ2n) is 12.3. The monoisotopic (exact) mass is 711 g/mol. The Balaban J connectivity index is 2.18. The summed E-state index contributed by atoms with van der Waals surface area (Å²) in [6.45, 7) is 2.01. The number of nitro groups is 1. The largest absolute Gasteiger partial charge is 0.480 e. The predicted molar refractivity (Wildman–Crippen MR) is 178 cm³/mol. The normalized spacial score (nSPS) is 16.7. The maximum Gasteiger partial charge on any atom is 0.317 e. The number of non-ortho nitro benzene ring substituents is 1. The smallest absolute Gasteiger partial charge is 0.317 e. The molecule has 1 heterocycles. The van der Waals surface area contributed by atoms with Crippen LogP contribution in [0.1, 0.15) is 18.4 Å². The van der Waals surface area contributed by atoms with Gasteiger partial charge < -0.3 is 30.8 Å². The molecule has 2 rings (SSSR count). The van der Waals surface area contributed by atoms with Gasteiger partial charge in [0.2, 0.25) is 0 Å².